The summed E-state index contributed by atoms with van der Waals surface area (Å²) in [6.07, 6.45) is 2.62. The normalized spacial score (nSPS) is 28.4. The van der Waals surface area contributed by atoms with Crippen LogP contribution in [0.3, 0.4) is 0 Å². The molecule has 2 unspecified atom stereocenters. The minimum absolute atomic E-state index is 0.224. The third-order valence-corrected chi connectivity index (χ3v) is 2.66. The average Bonchev–Trinajstić information content (AvgIpc) is 2.19. The number of hydrogen-bond donors (Lipinski definition) is 1. The highest BCUT2D eigenvalue weighted by Gasteiger charge is 2.26. The molecule has 5 heteroatoms. The maximum Gasteiger partial charge on any atom is 0.0752 e. The van der Waals surface area contributed by atoms with Crippen LogP contribution in [-0.2, 0) is 0 Å². The molecule has 80 valence electrons. The maximum absolute atomic E-state index is 9.66. The molecule has 2 atom stereocenters. The van der Waals surface area contributed by atoms with Gasteiger partial charge in [-0.05, 0) is 31.5 Å². The number of unbranched alkanes of at least 4 members (excludes halogenated alkanes) is 1. The first-order valence-corrected chi connectivity index (χ1v) is 5.22. The monoisotopic (exact) mass is 198 g/mol. The molecule has 0 amide bonds. The summed E-state index contributed by atoms with van der Waals surface area (Å²) in [6.45, 7) is 4.77. The molecule has 5 nitrogen and oxygen atoms in total. The van der Waals surface area contributed by atoms with Crippen LogP contribution in [0.1, 0.15) is 26.2 Å². The molecule has 0 aromatic heterocycles. The molecular formula is C9H18N4O. The number of aliphatic hydroxyl groups is 1. The van der Waals surface area contributed by atoms with Gasteiger partial charge in [-0.2, -0.15) is 0 Å². The van der Waals surface area contributed by atoms with E-state index in [1.54, 1.807) is 0 Å². The molecule has 0 aromatic carbocycles. The highest BCUT2D eigenvalue weighted by atomic mass is 16.3. The van der Waals surface area contributed by atoms with Crippen LogP contribution < -0.4 is 0 Å². The van der Waals surface area contributed by atoms with Crippen LogP contribution in [0.2, 0.25) is 0 Å². The van der Waals surface area contributed by atoms with E-state index in [1.165, 1.54) is 12.8 Å². The molecule has 0 aliphatic carbocycles. The van der Waals surface area contributed by atoms with E-state index in [2.05, 4.69) is 21.8 Å². The second kappa shape index (κ2) is 5.86. The van der Waals surface area contributed by atoms with Crippen LogP contribution in [0.15, 0.2) is 5.11 Å². The molecule has 1 aliphatic heterocycles. The van der Waals surface area contributed by atoms with Gasteiger partial charge in [0.25, 0.3) is 0 Å². The summed E-state index contributed by atoms with van der Waals surface area (Å²) in [6, 6.07) is -0.224. The minimum atomic E-state index is -0.489. The summed E-state index contributed by atoms with van der Waals surface area (Å²) >= 11 is 0. The van der Waals surface area contributed by atoms with Gasteiger partial charge in [0.15, 0.2) is 0 Å². The van der Waals surface area contributed by atoms with Crippen molar-refractivity contribution < 1.29 is 5.11 Å². The summed E-state index contributed by atoms with van der Waals surface area (Å²) in [5.41, 5.74) is 8.28. The Labute approximate surface area is 84.3 Å². The van der Waals surface area contributed by atoms with E-state index in [-0.39, 0.29) is 6.04 Å². The van der Waals surface area contributed by atoms with Crippen molar-refractivity contribution in [2.24, 2.45) is 5.11 Å². The predicted octanol–water partition coefficient (Wildman–Crippen LogP) is 1.53. The third-order valence-electron chi connectivity index (χ3n) is 2.66. The minimum Gasteiger partial charge on any atom is -0.391 e. The number of piperidine rings is 1. The molecular weight excluding hydrogens is 180 g/mol. The molecule has 0 aromatic rings. The van der Waals surface area contributed by atoms with Crippen LogP contribution in [0.4, 0.5) is 0 Å². The molecule has 1 heterocycles. The van der Waals surface area contributed by atoms with Crippen molar-refractivity contribution in [2.75, 3.05) is 19.6 Å². The lowest BCUT2D eigenvalue weighted by atomic mass is 10.0. The topological polar surface area (TPSA) is 72.2 Å². The van der Waals surface area contributed by atoms with Gasteiger partial charge in [0.2, 0.25) is 0 Å². The van der Waals surface area contributed by atoms with Crippen molar-refractivity contribution in [1.82, 2.24) is 4.90 Å². The van der Waals surface area contributed by atoms with Gasteiger partial charge in [-0.15, -0.1) is 0 Å². The SMILES string of the molecule is CCCCN1CCC(N=[N+]=[N-])C(O)C1. The number of nitrogens with zero attached hydrogens (tertiary/aromatic N) is 4. The van der Waals surface area contributed by atoms with Crippen LogP contribution in [-0.4, -0.2) is 41.8 Å². The molecule has 0 radical (unpaired) electrons. The molecule has 1 saturated heterocycles. The highest BCUT2D eigenvalue weighted by Crippen LogP contribution is 2.14. The van der Waals surface area contributed by atoms with Gasteiger partial charge < -0.3 is 10.0 Å². The molecule has 1 N–H and O–H groups in total. The Morgan fingerprint density at radius 2 is 2.43 bits per heavy atom. The first-order valence-electron chi connectivity index (χ1n) is 5.22. The van der Waals surface area contributed by atoms with Crippen molar-refractivity contribution in [2.45, 2.75) is 38.3 Å². The Morgan fingerprint density at radius 3 is 3.00 bits per heavy atom. The second-order valence-corrected chi connectivity index (χ2v) is 3.78. The molecule has 14 heavy (non-hydrogen) atoms. The number of aliphatic hydroxyl groups excluding tert-OH is 1. The maximum atomic E-state index is 9.66. The van der Waals surface area contributed by atoms with E-state index >= 15 is 0 Å². The fourth-order valence-electron chi connectivity index (χ4n) is 1.77. The summed E-state index contributed by atoms with van der Waals surface area (Å²) in [5, 5.41) is 13.2. The number of azide groups is 1. The van der Waals surface area contributed by atoms with Crippen molar-refractivity contribution in [1.29, 1.82) is 0 Å². The largest absolute Gasteiger partial charge is 0.391 e. The molecule has 0 spiro atoms. The summed E-state index contributed by atoms with van der Waals surface area (Å²) in [4.78, 5) is 4.98. The first-order chi connectivity index (χ1) is 6.77. The van der Waals surface area contributed by atoms with Crippen LogP contribution >= 0.6 is 0 Å². The van der Waals surface area contributed by atoms with Crippen LogP contribution in [0.25, 0.3) is 10.4 Å². The van der Waals surface area contributed by atoms with Gasteiger partial charge >= 0.3 is 0 Å². The van der Waals surface area contributed by atoms with E-state index in [4.69, 9.17) is 5.53 Å². The van der Waals surface area contributed by atoms with Gasteiger partial charge in [-0.1, -0.05) is 18.5 Å². The van der Waals surface area contributed by atoms with Crippen molar-refractivity contribution in [3.05, 3.63) is 10.4 Å². The Hall–Kier alpha value is -0.770. The average molecular weight is 198 g/mol. The lowest BCUT2D eigenvalue weighted by molar-refractivity contribution is 0.0532. The highest BCUT2D eigenvalue weighted by molar-refractivity contribution is 4.84. The van der Waals surface area contributed by atoms with E-state index < -0.39 is 6.10 Å². The quantitative estimate of drug-likeness (QED) is 0.422. The fourth-order valence-corrected chi connectivity index (χ4v) is 1.77. The number of hydrogen-bond acceptors (Lipinski definition) is 3. The number of likely N-dealkylation sites (tertiary alicyclic amines) is 1. The zero-order valence-corrected chi connectivity index (χ0v) is 8.63. The lowest BCUT2D eigenvalue weighted by Crippen LogP contribution is -2.45. The van der Waals surface area contributed by atoms with E-state index in [1.807, 2.05) is 0 Å². The van der Waals surface area contributed by atoms with Crippen molar-refractivity contribution >= 4 is 0 Å². The Morgan fingerprint density at radius 1 is 1.64 bits per heavy atom. The molecule has 1 rings (SSSR count). The van der Waals surface area contributed by atoms with Crippen LogP contribution in [0, 0.1) is 0 Å². The lowest BCUT2D eigenvalue weighted by Gasteiger charge is -2.33. The van der Waals surface area contributed by atoms with Crippen molar-refractivity contribution in [3.8, 4) is 0 Å². The van der Waals surface area contributed by atoms with Gasteiger partial charge in [0.1, 0.15) is 0 Å². The zero-order chi connectivity index (χ0) is 10.4. The Balaban J connectivity index is 2.34. The smallest absolute Gasteiger partial charge is 0.0752 e. The van der Waals surface area contributed by atoms with Crippen LogP contribution in [0.5, 0.6) is 0 Å². The predicted molar refractivity (Wildman–Crippen MR) is 54.9 cm³/mol. The summed E-state index contributed by atoms with van der Waals surface area (Å²) < 4.78 is 0. The molecule has 1 aliphatic rings. The summed E-state index contributed by atoms with van der Waals surface area (Å²) in [5.74, 6) is 0. The van der Waals surface area contributed by atoms with Crippen molar-refractivity contribution in [3.63, 3.8) is 0 Å². The second-order valence-electron chi connectivity index (χ2n) is 3.78. The van der Waals surface area contributed by atoms with Gasteiger partial charge in [-0.3, -0.25) is 0 Å². The van der Waals surface area contributed by atoms with Gasteiger partial charge in [-0.25, -0.2) is 0 Å². The number of β-amino-alcohol motifs (C(OH)–C–C–N with tert-alkyl or cyclic N) is 1. The van der Waals surface area contributed by atoms with E-state index in [0.717, 1.165) is 19.5 Å². The van der Waals surface area contributed by atoms with E-state index in [9.17, 15) is 5.11 Å². The molecule has 0 saturated carbocycles. The molecule has 0 bridgehead atoms. The number of rotatable bonds is 4. The summed E-state index contributed by atoms with van der Waals surface area (Å²) in [7, 11) is 0. The standard InChI is InChI=1S/C9H18N4O/c1-2-3-5-13-6-4-8(11-12-10)9(14)7-13/h8-9,14H,2-7H2,1H3. The third kappa shape index (κ3) is 3.18. The fraction of sp³-hybridized carbons (Fsp3) is 1.00. The zero-order valence-electron chi connectivity index (χ0n) is 8.63. The Bertz CT molecular complexity index is 215. The van der Waals surface area contributed by atoms with Gasteiger partial charge in [0.05, 0.1) is 12.1 Å². The molecule has 1 fully saturated rings. The first kappa shape index (κ1) is 11.3. The van der Waals surface area contributed by atoms with E-state index in [0.29, 0.717) is 6.54 Å². The Kier molecular flexibility index (Phi) is 4.73. The van der Waals surface area contributed by atoms with Gasteiger partial charge in [0, 0.05) is 11.5 Å².